The van der Waals surface area contributed by atoms with Crippen molar-refractivity contribution >= 4 is 33.3 Å². The number of carbonyl (C=O) groups excluding carboxylic acids is 2. The summed E-state index contributed by atoms with van der Waals surface area (Å²) < 4.78 is 40.6. The zero-order valence-electron chi connectivity index (χ0n) is 17.4. The van der Waals surface area contributed by atoms with Crippen molar-refractivity contribution in [1.29, 1.82) is 0 Å². The quantitative estimate of drug-likeness (QED) is 0.402. The van der Waals surface area contributed by atoms with Gasteiger partial charge in [0.1, 0.15) is 18.1 Å². The highest BCUT2D eigenvalue weighted by Gasteiger charge is 2.23. The monoisotopic (exact) mass is 439 g/mol. The van der Waals surface area contributed by atoms with E-state index < -0.39 is 21.9 Å². The topological polar surface area (TPSA) is 136 Å². The van der Waals surface area contributed by atoms with E-state index in [4.69, 9.17) is 14.2 Å². The minimum atomic E-state index is -3.54. The summed E-state index contributed by atoms with van der Waals surface area (Å²) in [5, 5.41) is 2.68. The number of ether oxygens (including phenoxy) is 3. The zero-order chi connectivity index (χ0) is 22.5. The summed E-state index contributed by atoms with van der Waals surface area (Å²) in [6.07, 6.45) is 1.01. The van der Waals surface area contributed by atoms with E-state index in [-0.39, 0.29) is 30.2 Å². The molecule has 0 aliphatic carbocycles. The SMILES string of the molecule is COCCOC(=O)c1c(C)[nH]c(C(=O)Nc2ccc(OC)c(NS(C)(=O)=O)c2)c1C. The molecule has 3 N–H and O–H groups in total. The maximum Gasteiger partial charge on any atom is 0.340 e. The lowest BCUT2D eigenvalue weighted by atomic mass is 10.1. The molecule has 1 heterocycles. The summed E-state index contributed by atoms with van der Waals surface area (Å²) in [6, 6.07) is 4.52. The van der Waals surface area contributed by atoms with Gasteiger partial charge in [-0.05, 0) is 37.6 Å². The number of methoxy groups -OCH3 is 2. The van der Waals surface area contributed by atoms with Crippen molar-refractivity contribution in [1.82, 2.24) is 4.98 Å². The van der Waals surface area contributed by atoms with Crippen LogP contribution in [0.5, 0.6) is 5.75 Å². The van der Waals surface area contributed by atoms with Crippen molar-refractivity contribution in [2.24, 2.45) is 0 Å². The molecule has 2 aromatic rings. The molecule has 0 radical (unpaired) electrons. The third kappa shape index (κ3) is 5.74. The first-order valence-corrected chi connectivity index (χ1v) is 10.8. The number of nitrogens with one attached hydrogen (secondary N) is 3. The number of aromatic nitrogens is 1. The highest BCUT2D eigenvalue weighted by molar-refractivity contribution is 7.92. The number of rotatable bonds is 9. The first-order valence-electron chi connectivity index (χ1n) is 8.89. The number of esters is 1. The van der Waals surface area contributed by atoms with Gasteiger partial charge in [0, 0.05) is 18.5 Å². The number of H-pyrrole nitrogens is 1. The maximum atomic E-state index is 12.8. The Labute approximate surface area is 175 Å². The van der Waals surface area contributed by atoms with Crippen LogP contribution in [-0.4, -0.2) is 59.0 Å². The van der Waals surface area contributed by atoms with Crippen LogP contribution in [0.2, 0.25) is 0 Å². The Morgan fingerprint density at radius 3 is 2.43 bits per heavy atom. The van der Waals surface area contributed by atoms with Crippen LogP contribution in [0.3, 0.4) is 0 Å². The molecule has 0 aliphatic heterocycles. The molecule has 30 heavy (non-hydrogen) atoms. The number of aryl methyl sites for hydroxylation is 1. The van der Waals surface area contributed by atoms with E-state index >= 15 is 0 Å². The molecule has 11 heteroatoms. The van der Waals surface area contributed by atoms with E-state index in [0.29, 0.717) is 22.7 Å². The van der Waals surface area contributed by atoms with Gasteiger partial charge in [0.05, 0.1) is 31.2 Å². The Kier molecular flexibility index (Phi) is 7.46. The molecule has 10 nitrogen and oxygen atoms in total. The second kappa shape index (κ2) is 9.63. The number of aromatic amines is 1. The molecular formula is C19H25N3O7S. The van der Waals surface area contributed by atoms with Gasteiger partial charge in [0.2, 0.25) is 10.0 Å². The number of sulfonamides is 1. The highest BCUT2D eigenvalue weighted by Crippen LogP contribution is 2.29. The minimum absolute atomic E-state index is 0.100. The van der Waals surface area contributed by atoms with E-state index in [1.54, 1.807) is 19.9 Å². The van der Waals surface area contributed by atoms with Crippen molar-refractivity contribution in [3.8, 4) is 5.75 Å². The molecule has 0 saturated heterocycles. The lowest BCUT2D eigenvalue weighted by Crippen LogP contribution is -2.15. The summed E-state index contributed by atoms with van der Waals surface area (Å²) >= 11 is 0. The molecule has 0 spiro atoms. The zero-order valence-corrected chi connectivity index (χ0v) is 18.2. The molecule has 1 amide bonds. The predicted octanol–water partition coefficient (Wildman–Crippen LogP) is 2.07. The van der Waals surface area contributed by atoms with Crippen LogP contribution >= 0.6 is 0 Å². The van der Waals surface area contributed by atoms with Crippen LogP contribution in [0, 0.1) is 13.8 Å². The molecule has 0 unspecified atom stereocenters. The third-order valence-electron chi connectivity index (χ3n) is 4.14. The van der Waals surface area contributed by atoms with Crippen LogP contribution < -0.4 is 14.8 Å². The first-order chi connectivity index (χ1) is 14.1. The average molecular weight is 439 g/mol. The number of hydrogen-bond acceptors (Lipinski definition) is 7. The van der Waals surface area contributed by atoms with Crippen LogP contribution in [0.1, 0.15) is 32.1 Å². The second-order valence-electron chi connectivity index (χ2n) is 6.50. The normalized spacial score (nSPS) is 11.1. The molecule has 2 rings (SSSR count). The Morgan fingerprint density at radius 1 is 1.13 bits per heavy atom. The van der Waals surface area contributed by atoms with Gasteiger partial charge in [-0.2, -0.15) is 0 Å². The molecule has 0 bridgehead atoms. The number of anilines is 2. The number of benzene rings is 1. The summed E-state index contributed by atoms with van der Waals surface area (Å²) in [5.41, 5.74) is 1.93. The smallest absolute Gasteiger partial charge is 0.340 e. The van der Waals surface area contributed by atoms with E-state index in [1.807, 2.05) is 0 Å². The number of amides is 1. The maximum absolute atomic E-state index is 12.8. The van der Waals surface area contributed by atoms with Gasteiger partial charge in [0.25, 0.3) is 5.91 Å². The van der Waals surface area contributed by atoms with E-state index in [2.05, 4.69) is 15.0 Å². The van der Waals surface area contributed by atoms with Gasteiger partial charge < -0.3 is 24.5 Å². The standard InChI is InChI=1S/C19H25N3O7S/c1-11-16(19(24)29-9-8-27-3)12(2)20-17(11)18(23)21-13-6-7-15(28-4)14(10-13)22-30(5,25)26/h6-7,10,20,22H,8-9H2,1-5H3,(H,21,23). The largest absolute Gasteiger partial charge is 0.495 e. The lowest BCUT2D eigenvalue weighted by Gasteiger charge is -2.12. The average Bonchev–Trinajstić information content (AvgIpc) is 2.95. The minimum Gasteiger partial charge on any atom is -0.495 e. The first kappa shape index (κ1) is 23.2. The molecule has 1 aromatic carbocycles. The Bertz CT molecular complexity index is 1040. The predicted molar refractivity (Wildman–Crippen MR) is 112 cm³/mol. The highest BCUT2D eigenvalue weighted by atomic mass is 32.2. The molecule has 0 saturated carbocycles. The summed E-state index contributed by atoms with van der Waals surface area (Å²) in [7, 11) is -0.643. The van der Waals surface area contributed by atoms with Crippen molar-refractivity contribution < 1.29 is 32.2 Å². The number of carbonyl (C=O) groups is 2. The van der Waals surface area contributed by atoms with Crippen LogP contribution in [0.25, 0.3) is 0 Å². The van der Waals surface area contributed by atoms with Crippen molar-refractivity contribution in [2.75, 3.05) is 43.7 Å². The summed E-state index contributed by atoms with van der Waals surface area (Å²) in [5.74, 6) is -0.755. The van der Waals surface area contributed by atoms with E-state index in [1.165, 1.54) is 26.4 Å². The fourth-order valence-electron chi connectivity index (χ4n) is 2.83. The van der Waals surface area contributed by atoms with Crippen molar-refractivity contribution in [3.63, 3.8) is 0 Å². The summed E-state index contributed by atoms with van der Waals surface area (Å²) in [4.78, 5) is 27.9. The Hall–Kier alpha value is -3.05. The van der Waals surface area contributed by atoms with Gasteiger partial charge in [0.15, 0.2) is 0 Å². The van der Waals surface area contributed by atoms with Gasteiger partial charge in [-0.1, -0.05) is 0 Å². The van der Waals surface area contributed by atoms with Gasteiger partial charge >= 0.3 is 5.97 Å². The molecule has 0 atom stereocenters. The Morgan fingerprint density at radius 2 is 1.83 bits per heavy atom. The third-order valence-corrected chi connectivity index (χ3v) is 4.73. The van der Waals surface area contributed by atoms with Gasteiger partial charge in [-0.3, -0.25) is 9.52 Å². The summed E-state index contributed by atoms with van der Waals surface area (Å²) in [6.45, 7) is 3.67. The Balaban J connectivity index is 2.25. The molecule has 0 aliphatic rings. The van der Waals surface area contributed by atoms with E-state index in [0.717, 1.165) is 6.26 Å². The van der Waals surface area contributed by atoms with Gasteiger partial charge in [-0.25, -0.2) is 13.2 Å². The van der Waals surface area contributed by atoms with Gasteiger partial charge in [-0.15, -0.1) is 0 Å². The molecule has 1 aromatic heterocycles. The molecule has 164 valence electrons. The lowest BCUT2D eigenvalue weighted by molar-refractivity contribution is 0.0386. The molecular weight excluding hydrogens is 414 g/mol. The second-order valence-corrected chi connectivity index (χ2v) is 8.25. The number of hydrogen-bond donors (Lipinski definition) is 3. The van der Waals surface area contributed by atoms with Crippen LogP contribution in [0.15, 0.2) is 18.2 Å². The van der Waals surface area contributed by atoms with Crippen molar-refractivity contribution in [2.45, 2.75) is 13.8 Å². The van der Waals surface area contributed by atoms with Crippen LogP contribution in [0.4, 0.5) is 11.4 Å². The molecule has 0 fully saturated rings. The van der Waals surface area contributed by atoms with E-state index in [9.17, 15) is 18.0 Å². The van der Waals surface area contributed by atoms with Crippen LogP contribution in [-0.2, 0) is 19.5 Å². The fraction of sp³-hybridized carbons (Fsp3) is 0.368. The fourth-order valence-corrected chi connectivity index (χ4v) is 3.39. The van der Waals surface area contributed by atoms with Crippen molar-refractivity contribution in [3.05, 3.63) is 40.7 Å².